The summed E-state index contributed by atoms with van der Waals surface area (Å²) in [4.78, 5) is 16.0. The van der Waals surface area contributed by atoms with E-state index in [1.165, 1.54) is 12.1 Å². The highest BCUT2D eigenvalue weighted by atomic mass is 19.4. The van der Waals surface area contributed by atoms with E-state index in [-0.39, 0.29) is 0 Å². The third-order valence-corrected chi connectivity index (χ3v) is 4.99. The van der Waals surface area contributed by atoms with Gasteiger partial charge in [-0.1, -0.05) is 12.1 Å². The number of carbonyl (C=O) groups is 1. The van der Waals surface area contributed by atoms with Crippen LogP contribution >= 0.6 is 0 Å². The minimum absolute atomic E-state index is 0.421. The molecule has 156 valence electrons. The number of piperazine rings is 1. The quantitative estimate of drug-likeness (QED) is 0.766. The van der Waals surface area contributed by atoms with E-state index in [9.17, 15) is 26.7 Å². The lowest BCUT2D eigenvalue weighted by Crippen LogP contribution is -2.53. The number of amides is 1. The van der Waals surface area contributed by atoms with Crippen LogP contribution in [0.1, 0.15) is 12.5 Å². The molecule has 2 aromatic rings. The standard InChI is InChI=1S/C20H20F5N3O/c1-13(19(29)26-18-16(21)6-3-7-17(18)22)27-8-10-28(11-9-27)15-5-2-4-14(12-15)20(23,24)25/h2-7,12-13H,8-11H2,1H3,(H,26,29). The van der Waals surface area contributed by atoms with Gasteiger partial charge in [-0.15, -0.1) is 0 Å². The van der Waals surface area contributed by atoms with Gasteiger partial charge in [-0.3, -0.25) is 9.69 Å². The largest absolute Gasteiger partial charge is 0.416 e. The predicted octanol–water partition coefficient (Wildman–Crippen LogP) is 4.13. The Morgan fingerprint density at radius 1 is 1.00 bits per heavy atom. The number of para-hydroxylation sites is 1. The molecule has 1 saturated heterocycles. The molecule has 0 bridgehead atoms. The first kappa shape index (κ1) is 21.0. The van der Waals surface area contributed by atoms with Crippen LogP contribution in [0.25, 0.3) is 0 Å². The van der Waals surface area contributed by atoms with Gasteiger partial charge < -0.3 is 10.2 Å². The number of halogens is 5. The molecule has 0 aromatic heterocycles. The summed E-state index contributed by atoms with van der Waals surface area (Å²) < 4.78 is 66.1. The molecule has 0 radical (unpaired) electrons. The van der Waals surface area contributed by atoms with Crippen LogP contribution in [0.5, 0.6) is 0 Å². The van der Waals surface area contributed by atoms with E-state index in [1.54, 1.807) is 13.0 Å². The van der Waals surface area contributed by atoms with Crippen LogP contribution in [0.3, 0.4) is 0 Å². The van der Waals surface area contributed by atoms with E-state index in [0.717, 1.165) is 24.3 Å². The Labute approximate surface area is 164 Å². The molecule has 1 amide bonds. The SMILES string of the molecule is CC(C(=O)Nc1c(F)cccc1F)N1CCN(c2cccc(C(F)(F)F)c2)CC1. The van der Waals surface area contributed by atoms with Crippen molar-refractivity contribution in [3.8, 4) is 0 Å². The molecule has 1 fully saturated rings. The van der Waals surface area contributed by atoms with Gasteiger partial charge in [0.15, 0.2) is 0 Å². The molecule has 1 aliphatic rings. The maximum absolute atomic E-state index is 13.7. The Bertz CT molecular complexity index is 858. The topological polar surface area (TPSA) is 35.6 Å². The molecule has 4 nitrogen and oxygen atoms in total. The number of alkyl halides is 3. The molecule has 3 rings (SSSR count). The van der Waals surface area contributed by atoms with E-state index in [0.29, 0.717) is 31.9 Å². The van der Waals surface area contributed by atoms with Gasteiger partial charge >= 0.3 is 6.18 Å². The minimum Gasteiger partial charge on any atom is -0.369 e. The van der Waals surface area contributed by atoms with Gasteiger partial charge in [0.05, 0.1) is 11.6 Å². The number of hydrogen-bond acceptors (Lipinski definition) is 3. The molecule has 9 heteroatoms. The first-order chi connectivity index (χ1) is 13.7. The molecule has 0 spiro atoms. The second-order valence-corrected chi connectivity index (χ2v) is 6.83. The van der Waals surface area contributed by atoms with Crippen LogP contribution in [-0.4, -0.2) is 43.0 Å². The van der Waals surface area contributed by atoms with Gasteiger partial charge in [0.1, 0.15) is 17.3 Å². The fraction of sp³-hybridized carbons (Fsp3) is 0.350. The zero-order valence-corrected chi connectivity index (χ0v) is 15.6. The molecule has 1 aliphatic heterocycles. The second-order valence-electron chi connectivity index (χ2n) is 6.83. The second kappa shape index (κ2) is 8.36. The molecule has 0 aliphatic carbocycles. The number of rotatable bonds is 4. The van der Waals surface area contributed by atoms with Crippen LogP contribution in [0.15, 0.2) is 42.5 Å². The Morgan fingerprint density at radius 3 is 2.17 bits per heavy atom. The third-order valence-electron chi connectivity index (χ3n) is 4.99. The highest BCUT2D eigenvalue weighted by Gasteiger charge is 2.32. The summed E-state index contributed by atoms with van der Waals surface area (Å²) in [5.74, 6) is -2.28. The zero-order valence-electron chi connectivity index (χ0n) is 15.6. The van der Waals surface area contributed by atoms with E-state index in [1.807, 2.05) is 9.80 Å². The third kappa shape index (κ3) is 4.84. The average Bonchev–Trinajstić information content (AvgIpc) is 2.70. The van der Waals surface area contributed by atoms with Crippen molar-refractivity contribution in [2.75, 3.05) is 36.4 Å². The molecule has 29 heavy (non-hydrogen) atoms. The predicted molar refractivity (Wildman–Crippen MR) is 99.7 cm³/mol. The monoisotopic (exact) mass is 413 g/mol. The highest BCUT2D eigenvalue weighted by molar-refractivity contribution is 5.94. The van der Waals surface area contributed by atoms with Gasteiger partial charge in [-0.25, -0.2) is 8.78 Å². The van der Waals surface area contributed by atoms with Crippen molar-refractivity contribution in [2.45, 2.75) is 19.1 Å². The Morgan fingerprint density at radius 2 is 1.59 bits per heavy atom. The Balaban J connectivity index is 1.61. The number of nitrogens with one attached hydrogen (secondary N) is 1. The lowest BCUT2D eigenvalue weighted by molar-refractivity contribution is -0.137. The van der Waals surface area contributed by atoms with Crippen LogP contribution in [0.2, 0.25) is 0 Å². The van der Waals surface area contributed by atoms with E-state index in [4.69, 9.17) is 0 Å². The summed E-state index contributed by atoms with van der Waals surface area (Å²) >= 11 is 0. The Kier molecular flexibility index (Phi) is 6.07. The van der Waals surface area contributed by atoms with Crippen molar-refractivity contribution in [3.63, 3.8) is 0 Å². The van der Waals surface area contributed by atoms with Gasteiger partial charge in [0, 0.05) is 31.9 Å². The van der Waals surface area contributed by atoms with Crippen molar-refractivity contribution in [1.29, 1.82) is 0 Å². The van der Waals surface area contributed by atoms with Crippen LogP contribution in [0.4, 0.5) is 33.3 Å². The first-order valence-electron chi connectivity index (χ1n) is 9.08. The molecule has 1 atom stereocenters. The first-order valence-corrected chi connectivity index (χ1v) is 9.08. The van der Waals surface area contributed by atoms with E-state index >= 15 is 0 Å². The molecule has 1 N–H and O–H groups in total. The zero-order chi connectivity index (χ0) is 21.2. The van der Waals surface area contributed by atoms with Crippen LogP contribution < -0.4 is 10.2 Å². The molecule has 0 saturated carbocycles. The van der Waals surface area contributed by atoms with Gasteiger partial charge in [0.25, 0.3) is 0 Å². The molecule has 2 aromatic carbocycles. The normalized spacial score (nSPS) is 16.6. The smallest absolute Gasteiger partial charge is 0.369 e. The number of carbonyl (C=O) groups excluding carboxylic acids is 1. The molecule has 1 unspecified atom stereocenters. The average molecular weight is 413 g/mol. The highest BCUT2D eigenvalue weighted by Crippen LogP contribution is 2.32. The summed E-state index contributed by atoms with van der Waals surface area (Å²) in [6, 6.07) is 7.76. The van der Waals surface area contributed by atoms with E-state index < -0.39 is 41.0 Å². The van der Waals surface area contributed by atoms with Gasteiger partial charge in [0.2, 0.25) is 5.91 Å². The summed E-state index contributed by atoms with van der Waals surface area (Å²) in [6.07, 6.45) is -4.41. The molecule has 1 heterocycles. The number of anilines is 2. The maximum atomic E-state index is 13.7. The van der Waals surface area contributed by atoms with Crippen LogP contribution in [-0.2, 0) is 11.0 Å². The summed E-state index contributed by atoms with van der Waals surface area (Å²) in [7, 11) is 0. The summed E-state index contributed by atoms with van der Waals surface area (Å²) in [5.41, 5.74) is -0.742. The van der Waals surface area contributed by atoms with Gasteiger partial charge in [-0.05, 0) is 37.3 Å². The summed E-state index contributed by atoms with van der Waals surface area (Å²) in [6.45, 7) is 3.31. The number of nitrogens with zero attached hydrogens (tertiary/aromatic N) is 2. The maximum Gasteiger partial charge on any atom is 0.416 e. The van der Waals surface area contributed by atoms with Crippen molar-refractivity contribution in [1.82, 2.24) is 4.90 Å². The Hall–Kier alpha value is -2.68. The van der Waals surface area contributed by atoms with Crippen molar-refractivity contribution in [3.05, 3.63) is 59.7 Å². The lowest BCUT2D eigenvalue weighted by atomic mass is 10.1. The minimum atomic E-state index is -4.41. The molecular formula is C20H20F5N3O. The number of benzene rings is 2. The fourth-order valence-corrected chi connectivity index (χ4v) is 3.26. The van der Waals surface area contributed by atoms with Crippen molar-refractivity contribution < 1.29 is 26.7 Å². The van der Waals surface area contributed by atoms with Gasteiger partial charge in [-0.2, -0.15) is 13.2 Å². The number of hydrogen-bond donors (Lipinski definition) is 1. The van der Waals surface area contributed by atoms with Crippen molar-refractivity contribution >= 4 is 17.3 Å². The van der Waals surface area contributed by atoms with E-state index in [2.05, 4.69) is 5.32 Å². The van der Waals surface area contributed by atoms with Crippen LogP contribution in [0, 0.1) is 11.6 Å². The fourth-order valence-electron chi connectivity index (χ4n) is 3.26. The van der Waals surface area contributed by atoms with Crippen molar-refractivity contribution in [2.24, 2.45) is 0 Å². The summed E-state index contributed by atoms with van der Waals surface area (Å²) in [5, 5.41) is 2.27. The lowest BCUT2D eigenvalue weighted by Gasteiger charge is -2.38. The molecular weight excluding hydrogens is 393 g/mol.